The molecule has 0 saturated carbocycles. The third-order valence-electron chi connectivity index (χ3n) is 18.4. The van der Waals surface area contributed by atoms with E-state index in [1.54, 1.807) is 13.8 Å². The summed E-state index contributed by atoms with van der Waals surface area (Å²) in [6.07, 6.45) is 23.3. The number of Topliss-reactive ketones (excluding diaryl/α,β-unsaturated/α-hetero) is 2. The van der Waals surface area contributed by atoms with Gasteiger partial charge >= 0.3 is 11.9 Å². The Morgan fingerprint density at radius 2 is 0.585 bits per heavy atom. The van der Waals surface area contributed by atoms with Gasteiger partial charge in [0.05, 0.1) is 55.4 Å². The van der Waals surface area contributed by atoms with Crippen molar-refractivity contribution in [3.8, 4) is 34.5 Å². The summed E-state index contributed by atoms with van der Waals surface area (Å²) >= 11 is 15.9. The van der Waals surface area contributed by atoms with Crippen molar-refractivity contribution in [1.82, 2.24) is 0 Å². The molecule has 0 unspecified atom stereocenters. The largest absolute Gasteiger partial charge is 0.494 e. The molecule has 664 valence electrons. The van der Waals surface area contributed by atoms with E-state index in [0.29, 0.717) is 91.8 Å². The number of esters is 2. The standard InChI is InChI=1S/C21H34O3.C19H29ClO3.C18H28O2.C15H22BrClO.C14H20O2.C13H20O3S/c1-17(2)18-12-11-13-19(16-18)23-15-10-8-6-7-9-14-20(22)24-21(3,4)5;1-14(2)15-10-11-17(16(20)13-15)22-12-8-6-7-9-18(21)23-19(3,4)5;1-15(2)17-11-9-12-18(14-17)20-13-8-6-4-5-7-10-16(3)19;1-12(2)13-7-8-15(14(17)11-13)18-10-6-4-3-5-9-16;1-11(2)13-7-4-8-14(10-13)16-9-5-6-12(3)15;1-11(2)12-6-4-7-13(10-12)16-8-5-9-17(3,14)15/h11-13,16-17H,6-10,14-15H2,1-5H3;10-11,13-14H,6-9,12H2,1-5H3;9,11-12,14-15H,4-8,10,13H2,1-3H3;7-8,11-12H,3-6,9-10H2,1-2H3;4,7-8,10-11H,5-6,9H2,1-3H3;4,6-7,10-11H,5,8-9H2,1-3H3. The number of hydrogen-bond donors (Lipinski definition) is 0. The Labute approximate surface area is 734 Å². The molecule has 0 radical (unpaired) electrons. The Balaban J connectivity index is 0.000000712. The van der Waals surface area contributed by atoms with Gasteiger partial charge < -0.3 is 47.5 Å². The second kappa shape index (κ2) is 63.4. The fourth-order valence-electron chi connectivity index (χ4n) is 11.4. The van der Waals surface area contributed by atoms with Gasteiger partial charge in [0.25, 0.3) is 0 Å². The van der Waals surface area contributed by atoms with Gasteiger partial charge in [-0.2, -0.15) is 0 Å². The van der Waals surface area contributed by atoms with Crippen molar-refractivity contribution in [2.24, 2.45) is 0 Å². The van der Waals surface area contributed by atoms with Crippen molar-refractivity contribution in [2.75, 3.05) is 57.0 Å². The van der Waals surface area contributed by atoms with Crippen molar-refractivity contribution < 1.29 is 65.5 Å². The maximum absolute atomic E-state index is 11.6. The first-order chi connectivity index (χ1) is 55.7. The summed E-state index contributed by atoms with van der Waals surface area (Å²) in [5, 5.41) is 2.47. The molecular formula is C100H153BrCl2O14S. The van der Waals surface area contributed by atoms with Gasteiger partial charge in [-0.3, -0.25) is 9.59 Å². The molecular weight excluding hydrogens is 1610 g/mol. The molecule has 0 atom stereocenters. The summed E-state index contributed by atoms with van der Waals surface area (Å²) in [7, 11) is -2.88. The molecule has 0 aliphatic heterocycles. The highest BCUT2D eigenvalue weighted by Crippen LogP contribution is 2.32. The highest BCUT2D eigenvalue weighted by Gasteiger charge is 2.18. The molecule has 0 aliphatic carbocycles. The average molecular weight is 1760 g/mol. The van der Waals surface area contributed by atoms with Gasteiger partial charge in [-0.1, -0.05) is 234 Å². The fourth-order valence-corrected chi connectivity index (χ4v) is 12.9. The van der Waals surface area contributed by atoms with Gasteiger partial charge in [-0.25, -0.2) is 8.42 Å². The van der Waals surface area contributed by atoms with Crippen LogP contribution in [0.2, 0.25) is 10.0 Å². The fraction of sp³-hybridized carbons (Fsp3) is 0.600. The molecule has 0 aromatic heterocycles. The monoisotopic (exact) mass is 1760 g/mol. The summed E-state index contributed by atoms with van der Waals surface area (Å²) < 4.78 is 66.6. The Morgan fingerprint density at radius 3 is 0.873 bits per heavy atom. The van der Waals surface area contributed by atoms with E-state index in [4.69, 9.17) is 61.1 Å². The molecule has 6 aromatic carbocycles. The van der Waals surface area contributed by atoms with E-state index in [2.05, 4.69) is 160 Å². The summed E-state index contributed by atoms with van der Waals surface area (Å²) in [5.74, 6) is 8.67. The van der Waals surface area contributed by atoms with Gasteiger partial charge in [-0.05, 0) is 268 Å². The van der Waals surface area contributed by atoms with Crippen molar-refractivity contribution in [1.29, 1.82) is 0 Å². The molecule has 0 saturated heterocycles. The number of sulfone groups is 1. The van der Waals surface area contributed by atoms with Gasteiger partial charge in [0.1, 0.15) is 67.1 Å². The molecule has 18 heteroatoms. The zero-order valence-corrected chi connectivity index (χ0v) is 80.3. The molecule has 6 aromatic rings. The lowest BCUT2D eigenvalue weighted by molar-refractivity contribution is -0.156. The molecule has 14 nitrogen and oxygen atoms in total. The average Bonchev–Trinajstić information content (AvgIpc) is 0.848. The molecule has 0 heterocycles. The van der Waals surface area contributed by atoms with Crippen molar-refractivity contribution in [2.45, 2.75) is 333 Å². The van der Waals surface area contributed by atoms with Crippen LogP contribution in [0.25, 0.3) is 0 Å². The predicted octanol–water partition coefficient (Wildman–Crippen LogP) is 28.7. The van der Waals surface area contributed by atoms with E-state index in [-0.39, 0.29) is 29.1 Å². The van der Waals surface area contributed by atoms with Crippen LogP contribution < -0.4 is 28.4 Å². The quantitative estimate of drug-likeness (QED) is 0.0200. The number of hydrogen-bond acceptors (Lipinski definition) is 14. The van der Waals surface area contributed by atoms with E-state index in [1.165, 1.54) is 71.7 Å². The maximum atomic E-state index is 11.6. The number of unbranched alkanes of at least 4 members (excludes halogenated alkanes) is 13. The van der Waals surface area contributed by atoms with E-state index >= 15 is 0 Å². The highest BCUT2D eigenvalue weighted by atomic mass is 79.9. The lowest BCUT2D eigenvalue weighted by Gasteiger charge is -2.19. The number of ether oxygens (including phenoxy) is 8. The molecule has 0 fully saturated rings. The lowest BCUT2D eigenvalue weighted by Crippen LogP contribution is -2.23. The number of rotatable bonds is 48. The molecule has 0 amide bonds. The minimum absolute atomic E-state index is 0.0872. The second-order valence-corrected chi connectivity index (χ2v) is 38.2. The molecule has 6 rings (SSSR count). The summed E-state index contributed by atoms with van der Waals surface area (Å²) in [5.41, 5.74) is 6.83. The molecule has 0 N–H and O–H groups in total. The first kappa shape index (κ1) is 109. The predicted molar refractivity (Wildman–Crippen MR) is 499 cm³/mol. The van der Waals surface area contributed by atoms with Gasteiger partial charge in [0.15, 0.2) is 0 Å². The first-order valence-corrected chi connectivity index (χ1v) is 47.5. The number of carbonyl (C=O) groups excluding carboxylic acids is 4. The normalized spacial score (nSPS) is 11.2. The number of halogens is 3. The SMILES string of the molecule is CC(=O)CCCCCCCOc1cccc(C(C)C)c1.CC(=O)CCCOc1cccc(C(C)C)c1.CC(C)c1ccc(OCCCCCC(=O)OC(C)(C)C)c(Cl)c1.CC(C)c1ccc(OCCCCCCBr)c(Cl)c1.CC(C)c1cccc(OCCCCCCCC(=O)OC(C)(C)C)c1.CC(C)c1cccc(OCCCS(C)(=O)=O)c1. The maximum Gasteiger partial charge on any atom is 0.306 e. The number of alkyl halides is 1. The third kappa shape index (κ3) is 59.2. The van der Waals surface area contributed by atoms with Crippen LogP contribution in [-0.4, -0.2) is 100 Å². The second-order valence-electron chi connectivity index (χ2n) is 34.3. The van der Waals surface area contributed by atoms with Gasteiger partial charge in [0.2, 0.25) is 0 Å². The topological polar surface area (TPSA) is 176 Å². The Morgan fingerprint density at radius 1 is 0.331 bits per heavy atom. The van der Waals surface area contributed by atoms with Crippen LogP contribution in [0.15, 0.2) is 133 Å². The Kier molecular flexibility index (Phi) is 58.8. The van der Waals surface area contributed by atoms with Crippen molar-refractivity contribution in [3.63, 3.8) is 0 Å². The van der Waals surface area contributed by atoms with Crippen molar-refractivity contribution >= 4 is 72.5 Å². The first-order valence-electron chi connectivity index (χ1n) is 43.6. The Bertz CT molecular complexity index is 3800. The zero-order valence-electron chi connectivity index (χ0n) is 76.3. The van der Waals surface area contributed by atoms with Crippen LogP contribution in [0.5, 0.6) is 34.5 Å². The Hall–Kier alpha value is -6.59. The number of carbonyl (C=O) groups is 4. The van der Waals surface area contributed by atoms with Crippen LogP contribution >= 0.6 is 39.1 Å². The number of benzene rings is 6. The van der Waals surface area contributed by atoms with E-state index in [1.807, 2.05) is 114 Å². The minimum Gasteiger partial charge on any atom is -0.494 e. The minimum atomic E-state index is -2.88. The zero-order chi connectivity index (χ0) is 88.5. The van der Waals surface area contributed by atoms with Crippen LogP contribution in [-0.2, 0) is 38.5 Å². The van der Waals surface area contributed by atoms with Gasteiger partial charge in [-0.15, -0.1) is 0 Å². The smallest absolute Gasteiger partial charge is 0.306 e. The molecule has 0 spiro atoms. The summed E-state index contributed by atoms with van der Waals surface area (Å²) in [6.45, 7) is 44.5. The van der Waals surface area contributed by atoms with Crippen LogP contribution in [0.3, 0.4) is 0 Å². The molecule has 118 heavy (non-hydrogen) atoms. The van der Waals surface area contributed by atoms with Crippen molar-refractivity contribution in [3.05, 3.63) is 177 Å². The van der Waals surface area contributed by atoms with Crippen LogP contribution in [0.1, 0.15) is 355 Å². The van der Waals surface area contributed by atoms with Crippen LogP contribution in [0.4, 0.5) is 0 Å². The van der Waals surface area contributed by atoms with Crippen LogP contribution in [0, 0.1) is 0 Å². The summed E-state index contributed by atoms with van der Waals surface area (Å²) in [4.78, 5) is 44.7. The van der Waals surface area contributed by atoms with E-state index in [0.717, 1.165) is 155 Å². The molecule has 0 bridgehead atoms. The lowest BCUT2D eigenvalue weighted by atomic mass is 10.0. The molecule has 0 aliphatic rings. The van der Waals surface area contributed by atoms with E-state index in [9.17, 15) is 27.6 Å². The third-order valence-corrected chi connectivity index (χ3v) is 20.5. The van der Waals surface area contributed by atoms with Gasteiger partial charge in [0, 0.05) is 37.3 Å². The highest BCUT2D eigenvalue weighted by molar-refractivity contribution is 9.09. The number of ketones is 2. The van der Waals surface area contributed by atoms with E-state index < -0.39 is 15.4 Å². The summed E-state index contributed by atoms with van der Waals surface area (Å²) in [6, 6.07) is 44.8.